The van der Waals surface area contributed by atoms with E-state index in [1.807, 2.05) is 0 Å². The fourth-order valence-corrected chi connectivity index (χ4v) is 2.32. The molecule has 1 aromatic rings. The van der Waals surface area contributed by atoms with Gasteiger partial charge in [0.05, 0.1) is 13.7 Å². The molecule has 0 fully saturated rings. The number of hydrogen-bond acceptors (Lipinski definition) is 6. The van der Waals surface area contributed by atoms with E-state index >= 15 is 0 Å². The van der Waals surface area contributed by atoms with Crippen molar-refractivity contribution in [2.24, 2.45) is 0 Å². The van der Waals surface area contributed by atoms with Crippen LogP contribution in [0.25, 0.3) is 6.08 Å². The molecule has 1 rings (SSSR count). The van der Waals surface area contributed by atoms with Gasteiger partial charge in [-0.15, -0.1) is 0 Å². The Morgan fingerprint density at radius 3 is 2.59 bits per heavy atom. The van der Waals surface area contributed by atoms with Crippen LogP contribution >= 0.6 is 0 Å². The van der Waals surface area contributed by atoms with Gasteiger partial charge in [0.2, 0.25) is 0 Å². The number of esters is 1. The van der Waals surface area contributed by atoms with Gasteiger partial charge in [-0.2, -0.15) is 0 Å². The van der Waals surface area contributed by atoms with E-state index in [0.717, 1.165) is 0 Å². The molecule has 2 N–H and O–H groups in total. The summed E-state index contributed by atoms with van der Waals surface area (Å²) in [5.74, 6) is 10.4. The van der Waals surface area contributed by atoms with E-state index in [2.05, 4.69) is 23.7 Å². The van der Waals surface area contributed by atoms with Gasteiger partial charge in [-0.1, -0.05) is 42.2 Å². The van der Waals surface area contributed by atoms with Gasteiger partial charge < -0.3 is 19.7 Å². The minimum atomic E-state index is -0.542. The van der Waals surface area contributed by atoms with E-state index < -0.39 is 12.1 Å². The number of ketones is 1. The van der Waals surface area contributed by atoms with Crippen LogP contribution in [0.4, 0.5) is 0 Å². The molecule has 0 amide bonds. The Bertz CT molecular complexity index is 1010. The highest BCUT2D eigenvalue weighted by molar-refractivity contribution is 5.93. The molecule has 0 aliphatic rings. The SMILES string of the molecule is COc1cc(/C=C/C(=O)CCC(/C=C/C=C/C#CC#C/C=C/CO)OC(C)=O)ccc1O. The highest BCUT2D eigenvalue weighted by Gasteiger charge is 2.10. The number of ether oxygens (including phenoxy) is 2. The average molecular weight is 434 g/mol. The molecular weight excluding hydrogens is 408 g/mol. The summed E-state index contributed by atoms with van der Waals surface area (Å²) in [6, 6.07) is 4.78. The van der Waals surface area contributed by atoms with E-state index in [1.165, 1.54) is 38.3 Å². The average Bonchev–Trinajstić information content (AvgIpc) is 2.77. The second-order valence-electron chi connectivity index (χ2n) is 6.29. The number of methoxy groups -OCH3 is 1. The lowest BCUT2D eigenvalue weighted by Gasteiger charge is -2.11. The van der Waals surface area contributed by atoms with Crippen molar-refractivity contribution in [3.05, 3.63) is 66.3 Å². The third kappa shape index (κ3) is 11.9. The van der Waals surface area contributed by atoms with Crippen LogP contribution in [0.2, 0.25) is 0 Å². The summed E-state index contributed by atoms with van der Waals surface area (Å²) in [6.45, 7) is 1.25. The first-order valence-electron chi connectivity index (χ1n) is 9.81. The Balaban J connectivity index is 2.60. The molecule has 166 valence electrons. The summed E-state index contributed by atoms with van der Waals surface area (Å²) in [5, 5.41) is 18.2. The zero-order valence-corrected chi connectivity index (χ0v) is 18.1. The van der Waals surface area contributed by atoms with Crippen LogP contribution in [0, 0.1) is 23.7 Å². The van der Waals surface area contributed by atoms with Crippen molar-refractivity contribution in [3.63, 3.8) is 0 Å². The Kier molecular flexibility index (Phi) is 12.8. The Morgan fingerprint density at radius 2 is 1.91 bits per heavy atom. The van der Waals surface area contributed by atoms with E-state index in [4.69, 9.17) is 14.6 Å². The van der Waals surface area contributed by atoms with Crippen LogP contribution in [-0.4, -0.2) is 41.8 Å². The van der Waals surface area contributed by atoms with Crippen molar-refractivity contribution in [2.45, 2.75) is 25.9 Å². The van der Waals surface area contributed by atoms with E-state index in [-0.39, 0.29) is 24.6 Å². The Hall–Kier alpha value is -4.00. The molecule has 6 nitrogen and oxygen atoms in total. The predicted octanol–water partition coefficient (Wildman–Crippen LogP) is 3.36. The number of allylic oxidation sites excluding steroid dienone is 5. The van der Waals surface area contributed by atoms with Crippen molar-refractivity contribution in [2.75, 3.05) is 13.7 Å². The predicted molar refractivity (Wildman–Crippen MR) is 124 cm³/mol. The van der Waals surface area contributed by atoms with Gasteiger partial charge in [0.25, 0.3) is 0 Å². The number of phenols is 1. The summed E-state index contributed by atoms with van der Waals surface area (Å²) < 4.78 is 10.3. The van der Waals surface area contributed by atoms with Gasteiger partial charge in [0, 0.05) is 13.3 Å². The largest absolute Gasteiger partial charge is 0.504 e. The molecule has 0 aromatic heterocycles. The molecule has 1 unspecified atom stereocenters. The fourth-order valence-electron chi connectivity index (χ4n) is 2.32. The molecule has 0 radical (unpaired) electrons. The van der Waals surface area contributed by atoms with Crippen LogP contribution in [0.15, 0.2) is 60.7 Å². The lowest BCUT2D eigenvalue weighted by molar-refractivity contribution is -0.144. The Morgan fingerprint density at radius 1 is 1.16 bits per heavy atom. The van der Waals surface area contributed by atoms with E-state index in [0.29, 0.717) is 17.7 Å². The summed E-state index contributed by atoms with van der Waals surface area (Å²) >= 11 is 0. The lowest BCUT2D eigenvalue weighted by atomic mass is 10.1. The molecule has 0 bridgehead atoms. The summed E-state index contributed by atoms with van der Waals surface area (Å²) in [5.41, 5.74) is 0.713. The highest BCUT2D eigenvalue weighted by atomic mass is 16.5. The van der Waals surface area contributed by atoms with Crippen LogP contribution in [0.1, 0.15) is 25.3 Å². The van der Waals surface area contributed by atoms with Crippen LogP contribution in [0.5, 0.6) is 11.5 Å². The quantitative estimate of drug-likeness (QED) is 0.254. The molecule has 32 heavy (non-hydrogen) atoms. The summed E-state index contributed by atoms with van der Waals surface area (Å²) in [4.78, 5) is 23.5. The van der Waals surface area contributed by atoms with Crippen molar-refractivity contribution >= 4 is 17.8 Å². The van der Waals surface area contributed by atoms with Crippen LogP contribution in [0.3, 0.4) is 0 Å². The summed E-state index contributed by atoms with van der Waals surface area (Å²) in [7, 11) is 1.45. The van der Waals surface area contributed by atoms with E-state index in [1.54, 1.807) is 42.5 Å². The molecule has 0 saturated heterocycles. The Labute approximate surface area is 188 Å². The fraction of sp³-hybridized carbons (Fsp3) is 0.231. The molecule has 1 aromatic carbocycles. The van der Waals surface area contributed by atoms with Gasteiger partial charge in [-0.05, 0) is 60.3 Å². The highest BCUT2D eigenvalue weighted by Crippen LogP contribution is 2.26. The minimum absolute atomic E-state index is 0.0233. The molecular formula is C26H26O6. The van der Waals surface area contributed by atoms with Gasteiger partial charge in [0.15, 0.2) is 17.3 Å². The van der Waals surface area contributed by atoms with Gasteiger partial charge >= 0.3 is 5.97 Å². The number of aliphatic hydroxyl groups is 1. The molecule has 0 aliphatic carbocycles. The first-order valence-corrected chi connectivity index (χ1v) is 9.81. The number of aromatic hydroxyl groups is 1. The normalized spacial score (nSPS) is 11.8. The van der Waals surface area contributed by atoms with Crippen molar-refractivity contribution in [1.82, 2.24) is 0 Å². The number of phenolic OH excluding ortho intramolecular Hbond substituents is 1. The third-order valence-electron chi connectivity index (χ3n) is 3.79. The number of aliphatic hydroxyl groups excluding tert-OH is 1. The molecule has 1 atom stereocenters. The van der Waals surface area contributed by atoms with Crippen molar-refractivity contribution in [3.8, 4) is 35.2 Å². The van der Waals surface area contributed by atoms with Gasteiger partial charge in [0.1, 0.15) is 6.10 Å². The second kappa shape index (κ2) is 15.8. The monoisotopic (exact) mass is 434 g/mol. The molecule has 0 spiro atoms. The maximum atomic E-state index is 12.2. The molecule has 6 heteroatoms. The number of carbonyl (C=O) groups is 2. The molecule has 0 aliphatic heterocycles. The smallest absolute Gasteiger partial charge is 0.303 e. The number of carbonyl (C=O) groups excluding carboxylic acids is 2. The lowest BCUT2D eigenvalue weighted by Crippen LogP contribution is -2.15. The van der Waals surface area contributed by atoms with Gasteiger partial charge in [-0.3, -0.25) is 9.59 Å². The first kappa shape index (κ1) is 26.0. The second-order valence-corrected chi connectivity index (χ2v) is 6.29. The van der Waals surface area contributed by atoms with Crippen molar-refractivity contribution in [1.29, 1.82) is 0 Å². The topological polar surface area (TPSA) is 93.1 Å². The third-order valence-corrected chi connectivity index (χ3v) is 3.79. The van der Waals surface area contributed by atoms with Crippen LogP contribution in [-0.2, 0) is 14.3 Å². The van der Waals surface area contributed by atoms with E-state index in [9.17, 15) is 14.7 Å². The first-order chi connectivity index (χ1) is 15.5. The minimum Gasteiger partial charge on any atom is -0.504 e. The zero-order chi connectivity index (χ0) is 23.6. The standard InChI is InChI=1S/C26H26O6/c1-21(28)32-24(12-10-8-6-4-3-5-7-9-11-19-27)17-16-23(29)15-13-22-14-18-25(30)26(20-22)31-2/h6,8-15,18,20,24,27,30H,16-17,19H2,1-2H3/b8-6+,11-9+,12-10+,15-13+. The van der Waals surface area contributed by atoms with Crippen molar-refractivity contribution < 1.29 is 29.3 Å². The number of benzene rings is 1. The maximum Gasteiger partial charge on any atom is 0.303 e. The molecule has 0 saturated carbocycles. The summed E-state index contributed by atoms with van der Waals surface area (Å²) in [6.07, 6.45) is 12.7. The maximum absolute atomic E-state index is 12.2. The zero-order valence-electron chi connectivity index (χ0n) is 18.1. The number of hydrogen-bond donors (Lipinski definition) is 2. The van der Waals surface area contributed by atoms with Gasteiger partial charge in [-0.25, -0.2) is 0 Å². The molecule has 0 heterocycles. The number of rotatable bonds is 10. The van der Waals surface area contributed by atoms with Crippen LogP contribution < -0.4 is 4.74 Å².